The number of carbonyl (C=O) groups is 2. The van der Waals surface area contributed by atoms with Crippen LogP contribution in [0.25, 0.3) is 0 Å². The second-order valence-electron chi connectivity index (χ2n) is 9.35. The molecule has 1 fully saturated rings. The molecule has 3 aromatic rings. The fourth-order valence-corrected chi connectivity index (χ4v) is 4.33. The molecule has 2 aromatic heterocycles. The molecule has 1 aromatic carbocycles. The molecule has 182 valence electrons. The Hall–Kier alpha value is -3.81. The van der Waals surface area contributed by atoms with Crippen molar-refractivity contribution in [3.63, 3.8) is 0 Å². The quantitative estimate of drug-likeness (QED) is 0.568. The Balaban J connectivity index is 1.45. The van der Waals surface area contributed by atoms with E-state index in [0.29, 0.717) is 36.7 Å². The zero-order chi connectivity index (χ0) is 25.0. The summed E-state index contributed by atoms with van der Waals surface area (Å²) < 4.78 is 0. The molecule has 0 aliphatic carbocycles. The standard InChI is InChI=1S/C27H32N6O2/c1-18-8-9-20(16-22(18)30-17-21-7-5-6-12-29-21)25(35)33-13-10-27(3,11-14-33)26-31-19(2)15-23(32-26)24(34)28-4/h5-9,12,15-16,30H,10-11,13-14,17H2,1-4H3,(H,28,34). The molecule has 0 unspecified atom stereocenters. The monoisotopic (exact) mass is 472 g/mol. The Kier molecular flexibility index (Phi) is 7.10. The molecular weight excluding hydrogens is 440 g/mol. The molecule has 2 amide bonds. The van der Waals surface area contributed by atoms with Gasteiger partial charge < -0.3 is 15.5 Å². The van der Waals surface area contributed by atoms with E-state index in [9.17, 15) is 9.59 Å². The number of aromatic nitrogens is 3. The predicted octanol–water partition coefficient (Wildman–Crippen LogP) is 3.65. The molecule has 2 N–H and O–H groups in total. The SMILES string of the molecule is CNC(=O)c1cc(C)nc(C2(C)CCN(C(=O)c3ccc(C)c(NCc4ccccn4)c3)CC2)n1. The number of rotatable bonds is 6. The van der Waals surface area contributed by atoms with E-state index in [-0.39, 0.29) is 17.2 Å². The number of nitrogens with zero attached hydrogens (tertiary/aromatic N) is 4. The lowest BCUT2D eigenvalue weighted by Crippen LogP contribution is -2.44. The number of amides is 2. The van der Waals surface area contributed by atoms with Gasteiger partial charge in [-0.25, -0.2) is 9.97 Å². The van der Waals surface area contributed by atoms with Crippen LogP contribution in [0.2, 0.25) is 0 Å². The summed E-state index contributed by atoms with van der Waals surface area (Å²) in [7, 11) is 1.59. The molecule has 0 saturated carbocycles. The second kappa shape index (κ2) is 10.2. The van der Waals surface area contributed by atoms with Crippen molar-refractivity contribution in [3.05, 3.63) is 82.7 Å². The summed E-state index contributed by atoms with van der Waals surface area (Å²) in [5.41, 5.74) is 4.45. The van der Waals surface area contributed by atoms with Crippen molar-refractivity contribution in [1.29, 1.82) is 0 Å². The Bertz CT molecular complexity index is 1220. The zero-order valence-electron chi connectivity index (χ0n) is 20.8. The summed E-state index contributed by atoms with van der Waals surface area (Å²) in [6.07, 6.45) is 3.23. The smallest absolute Gasteiger partial charge is 0.269 e. The summed E-state index contributed by atoms with van der Waals surface area (Å²) >= 11 is 0. The van der Waals surface area contributed by atoms with Gasteiger partial charge in [0.25, 0.3) is 11.8 Å². The lowest BCUT2D eigenvalue weighted by Gasteiger charge is -2.38. The average Bonchev–Trinajstić information content (AvgIpc) is 2.88. The van der Waals surface area contributed by atoms with E-state index in [4.69, 9.17) is 0 Å². The molecule has 0 spiro atoms. The summed E-state index contributed by atoms with van der Waals surface area (Å²) in [6.45, 7) is 7.81. The second-order valence-corrected chi connectivity index (χ2v) is 9.35. The van der Waals surface area contributed by atoms with E-state index in [2.05, 4.69) is 32.5 Å². The molecule has 1 aliphatic rings. The first kappa shape index (κ1) is 24.3. The van der Waals surface area contributed by atoms with Crippen LogP contribution in [0.15, 0.2) is 48.7 Å². The molecule has 1 saturated heterocycles. The minimum atomic E-state index is -0.297. The third kappa shape index (κ3) is 5.48. The van der Waals surface area contributed by atoms with Crippen molar-refractivity contribution >= 4 is 17.5 Å². The molecule has 3 heterocycles. The van der Waals surface area contributed by atoms with Gasteiger partial charge >= 0.3 is 0 Å². The number of nitrogens with one attached hydrogen (secondary N) is 2. The molecule has 0 atom stereocenters. The van der Waals surface area contributed by atoms with Gasteiger partial charge in [0.05, 0.1) is 12.2 Å². The van der Waals surface area contributed by atoms with Crippen molar-refractivity contribution in [2.24, 2.45) is 0 Å². The van der Waals surface area contributed by atoms with Crippen molar-refractivity contribution in [3.8, 4) is 0 Å². The number of anilines is 1. The highest BCUT2D eigenvalue weighted by Crippen LogP contribution is 2.34. The average molecular weight is 473 g/mol. The van der Waals surface area contributed by atoms with Crippen LogP contribution in [0.3, 0.4) is 0 Å². The van der Waals surface area contributed by atoms with Crippen LogP contribution in [-0.2, 0) is 12.0 Å². The van der Waals surface area contributed by atoms with E-state index >= 15 is 0 Å². The first-order chi connectivity index (χ1) is 16.8. The highest BCUT2D eigenvalue weighted by atomic mass is 16.2. The fourth-order valence-electron chi connectivity index (χ4n) is 4.33. The van der Waals surface area contributed by atoms with E-state index in [1.54, 1.807) is 19.3 Å². The number of aryl methyl sites for hydroxylation is 2. The molecule has 8 heteroatoms. The first-order valence-electron chi connectivity index (χ1n) is 11.9. The van der Waals surface area contributed by atoms with E-state index < -0.39 is 0 Å². The van der Waals surface area contributed by atoms with Gasteiger partial charge in [-0.2, -0.15) is 0 Å². The normalized spacial score (nSPS) is 14.9. The van der Waals surface area contributed by atoms with Gasteiger partial charge in [0.2, 0.25) is 0 Å². The van der Waals surface area contributed by atoms with Gasteiger partial charge in [0.15, 0.2) is 0 Å². The molecule has 4 rings (SSSR count). The lowest BCUT2D eigenvalue weighted by atomic mass is 9.79. The van der Waals surface area contributed by atoms with Gasteiger partial charge in [-0.15, -0.1) is 0 Å². The van der Waals surface area contributed by atoms with Crippen LogP contribution in [0.4, 0.5) is 5.69 Å². The van der Waals surface area contributed by atoms with Crippen LogP contribution >= 0.6 is 0 Å². The highest BCUT2D eigenvalue weighted by molar-refractivity contribution is 5.95. The van der Waals surface area contributed by atoms with Crippen LogP contribution in [-0.4, -0.2) is 51.8 Å². The van der Waals surface area contributed by atoms with Gasteiger partial charge in [-0.1, -0.05) is 19.1 Å². The van der Waals surface area contributed by atoms with Crippen LogP contribution in [0, 0.1) is 13.8 Å². The van der Waals surface area contributed by atoms with Crippen LogP contribution in [0.5, 0.6) is 0 Å². The largest absolute Gasteiger partial charge is 0.379 e. The predicted molar refractivity (Wildman–Crippen MR) is 135 cm³/mol. The number of likely N-dealkylation sites (tertiary alicyclic amines) is 1. The maximum Gasteiger partial charge on any atom is 0.269 e. The van der Waals surface area contributed by atoms with Gasteiger partial charge in [-0.05, 0) is 62.6 Å². The first-order valence-corrected chi connectivity index (χ1v) is 11.9. The molecule has 35 heavy (non-hydrogen) atoms. The lowest BCUT2D eigenvalue weighted by molar-refractivity contribution is 0.0671. The summed E-state index contributed by atoms with van der Waals surface area (Å²) in [6, 6.07) is 13.3. The topological polar surface area (TPSA) is 100 Å². The van der Waals surface area contributed by atoms with E-state index in [1.807, 2.05) is 55.1 Å². The summed E-state index contributed by atoms with van der Waals surface area (Å²) in [5.74, 6) is 0.462. The van der Waals surface area contributed by atoms with Crippen LogP contribution in [0.1, 0.15) is 63.4 Å². The summed E-state index contributed by atoms with van der Waals surface area (Å²) in [4.78, 5) is 40.9. The number of piperidine rings is 1. The third-order valence-electron chi connectivity index (χ3n) is 6.68. The van der Waals surface area contributed by atoms with Crippen molar-refractivity contribution in [1.82, 2.24) is 25.2 Å². The fraction of sp³-hybridized carbons (Fsp3) is 0.370. The van der Waals surface area contributed by atoms with Gasteiger partial charge in [0, 0.05) is 48.7 Å². The van der Waals surface area contributed by atoms with Gasteiger partial charge in [-0.3, -0.25) is 14.6 Å². The molecule has 1 aliphatic heterocycles. The molecule has 0 radical (unpaired) electrons. The number of hydrogen-bond acceptors (Lipinski definition) is 6. The number of pyridine rings is 1. The number of carbonyl (C=O) groups excluding carboxylic acids is 2. The van der Waals surface area contributed by atoms with Crippen LogP contribution < -0.4 is 10.6 Å². The molecular formula is C27H32N6O2. The minimum absolute atomic E-state index is 0.0177. The van der Waals surface area contributed by atoms with Gasteiger partial charge in [0.1, 0.15) is 11.5 Å². The molecule has 8 nitrogen and oxygen atoms in total. The third-order valence-corrected chi connectivity index (χ3v) is 6.68. The zero-order valence-corrected chi connectivity index (χ0v) is 20.8. The number of hydrogen-bond donors (Lipinski definition) is 2. The Morgan fingerprint density at radius 3 is 2.51 bits per heavy atom. The van der Waals surface area contributed by atoms with Crippen molar-refractivity contribution in [2.45, 2.75) is 45.6 Å². The molecule has 0 bridgehead atoms. The maximum absolute atomic E-state index is 13.3. The maximum atomic E-state index is 13.3. The minimum Gasteiger partial charge on any atom is -0.379 e. The Morgan fingerprint density at radius 2 is 1.83 bits per heavy atom. The van der Waals surface area contributed by atoms with E-state index in [0.717, 1.165) is 35.5 Å². The summed E-state index contributed by atoms with van der Waals surface area (Å²) in [5, 5.41) is 6.03. The Morgan fingerprint density at radius 1 is 1.06 bits per heavy atom. The van der Waals surface area contributed by atoms with Crippen molar-refractivity contribution < 1.29 is 9.59 Å². The van der Waals surface area contributed by atoms with Crippen molar-refractivity contribution in [2.75, 3.05) is 25.5 Å². The highest BCUT2D eigenvalue weighted by Gasteiger charge is 2.36. The Labute approximate surface area is 206 Å². The van der Waals surface area contributed by atoms with E-state index in [1.165, 1.54) is 0 Å². The number of benzene rings is 1.